The first-order valence-corrected chi connectivity index (χ1v) is 6.60. The number of amides is 1. The number of carbonyl (C=O) groups excluding carboxylic acids is 1. The van der Waals surface area contributed by atoms with Crippen LogP contribution in [0.25, 0.3) is 0 Å². The van der Waals surface area contributed by atoms with Crippen LogP contribution >= 0.6 is 27.3 Å². The fourth-order valence-electron chi connectivity index (χ4n) is 1.37. The molecule has 0 aliphatic carbocycles. The molecule has 0 aliphatic heterocycles. The smallest absolute Gasteiger partial charge is 0.265 e. The van der Waals surface area contributed by atoms with Gasteiger partial charge in [-0.25, -0.2) is 0 Å². The van der Waals surface area contributed by atoms with Crippen molar-refractivity contribution in [2.75, 3.05) is 11.1 Å². The minimum Gasteiger partial charge on any atom is -0.398 e. The summed E-state index contributed by atoms with van der Waals surface area (Å²) in [4.78, 5) is 13.5. The van der Waals surface area contributed by atoms with Gasteiger partial charge in [0.25, 0.3) is 5.91 Å². The molecule has 3 N–H and O–H groups in total. The molecule has 88 valence electrons. The van der Waals surface area contributed by atoms with Gasteiger partial charge in [-0.15, -0.1) is 11.3 Å². The molecular weight excluding hydrogens is 300 g/mol. The van der Waals surface area contributed by atoms with E-state index in [9.17, 15) is 4.79 Å². The average Bonchev–Trinajstić information content (AvgIpc) is 2.59. The Morgan fingerprint density at radius 1 is 1.41 bits per heavy atom. The molecule has 1 heterocycles. The summed E-state index contributed by atoms with van der Waals surface area (Å²) in [5.41, 5.74) is 7.14. The third-order valence-electron chi connectivity index (χ3n) is 2.26. The van der Waals surface area contributed by atoms with Crippen molar-refractivity contribution >= 4 is 44.5 Å². The quantitative estimate of drug-likeness (QED) is 0.889. The van der Waals surface area contributed by atoms with Gasteiger partial charge < -0.3 is 11.1 Å². The topological polar surface area (TPSA) is 55.1 Å². The number of nitrogen functional groups attached to an aromatic ring is 1. The molecule has 0 fully saturated rings. The van der Waals surface area contributed by atoms with Crippen molar-refractivity contribution in [1.82, 2.24) is 0 Å². The molecule has 3 nitrogen and oxygen atoms in total. The fraction of sp³-hybridized carbons (Fsp3) is 0.0833. The highest BCUT2D eigenvalue weighted by Crippen LogP contribution is 2.24. The minimum absolute atomic E-state index is 0.132. The highest BCUT2D eigenvalue weighted by atomic mass is 79.9. The normalized spacial score (nSPS) is 10.2. The van der Waals surface area contributed by atoms with Crippen LogP contribution in [0, 0.1) is 6.92 Å². The SMILES string of the molecule is Cc1sc(C(=O)Nc2cccc(Br)c2)cc1N. The van der Waals surface area contributed by atoms with Gasteiger partial charge >= 0.3 is 0 Å². The van der Waals surface area contributed by atoms with E-state index in [0.29, 0.717) is 10.6 Å². The second-order valence-electron chi connectivity index (χ2n) is 3.59. The summed E-state index contributed by atoms with van der Waals surface area (Å²) in [5.74, 6) is -0.132. The number of hydrogen-bond donors (Lipinski definition) is 2. The second kappa shape index (κ2) is 4.89. The minimum atomic E-state index is -0.132. The van der Waals surface area contributed by atoms with Crippen LogP contribution < -0.4 is 11.1 Å². The van der Waals surface area contributed by atoms with Crippen molar-refractivity contribution in [1.29, 1.82) is 0 Å². The molecule has 2 rings (SSSR count). The van der Waals surface area contributed by atoms with E-state index >= 15 is 0 Å². The third-order valence-corrected chi connectivity index (χ3v) is 3.82. The molecule has 0 radical (unpaired) electrons. The second-order valence-corrected chi connectivity index (χ2v) is 5.76. The Hall–Kier alpha value is -1.33. The summed E-state index contributed by atoms with van der Waals surface area (Å²) >= 11 is 4.75. The molecule has 1 aromatic carbocycles. The molecule has 0 saturated heterocycles. The van der Waals surface area contributed by atoms with Crippen LogP contribution in [0.5, 0.6) is 0 Å². The van der Waals surface area contributed by atoms with E-state index in [1.807, 2.05) is 31.2 Å². The van der Waals surface area contributed by atoms with Crippen molar-refractivity contribution in [3.8, 4) is 0 Å². The lowest BCUT2D eigenvalue weighted by molar-refractivity contribution is 0.103. The van der Waals surface area contributed by atoms with Gasteiger partial charge in [0.05, 0.1) is 4.88 Å². The Balaban J connectivity index is 2.17. The van der Waals surface area contributed by atoms with Crippen molar-refractivity contribution in [2.45, 2.75) is 6.92 Å². The maximum atomic E-state index is 11.9. The fourth-order valence-corrected chi connectivity index (χ4v) is 2.60. The highest BCUT2D eigenvalue weighted by molar-refractivity contribution is 9.10. The number of rotatable bonds is 2. The van der Waals surface area contributed by atoms with Crippen LogP contribution in [-0.2, 0) is 0 Å². The highest BCUT2D eigenvalue weighted by Gasteiger charge is 2.11. The number of nitrogens with two attached hydrogens (primary N) is 1. The van der Waals surface area contributed by atoms with E-state index in [1.165, 1.54) is 11.3 Å². The van der Waals surface area contributed by atoms with Crippen LogP contribution in [0.15, 0.2) is 34.8 Å². The first-order chi connectivity index (χ1) is 8.06. The Kier molecular flexibility index (Phi) is 3.49. The number of thiophene rings is 1. The van der Waals surface area contributed by atoms with Gasteiger partial charge in [0, 0.05) is 20.7 Å². The van der Waals surface area contributed by atoms with Crippen molar-refractivity contribution in [2.24, 2.45) is 0 Å². The van der Waals surface area contributed by atoms with Crippen LogP contribution in [0.2, 0.25) is 0 Å². The standard InChI is InChI=1S/C12H11BrN2OS/c1-7-10(14)6-11(17-7)12(16)15-9-4-2-3-8(13)5-9/h2-6H,14H2,1H3,(H,15,16). The third kappa shape index (κ3) is 2.87. The Bertz CT molecular complexity index is 546. The van der Waals surface area contributed by atoms with E-state index < -0.39 is 0 Å². The largest absolute Gasteiger partial charge is 0.398 e. The van der Waals surface area contributed by atoms with Crippen LogP contribution in [0.1, 0.15) is 14.5 Å². The van der Waals surface area contributed by atoms with Gasteiger partial charge in [0.1, 0.15) is 0 Å². The zero-order chi connectivity index (χ0) is 12.4. The van der Waals surface area contributed by atoms with E-state index in [0.717, 1.165) is 15.0 Å². The van der Waals surface area contributed by atoms with E-state index in [2.05, 4.69) is 21.2 Å². The Morgan fingerprint density at radius 3 is 2.76 bits per heavy atom. The summed E-state index contributed by atoms with van der Waals surface area (Å²) in [7, 11) is 0. The number of halogens is 1. The van der Waals surface area contributed by atoms with E-state index in [-0.39, 0.29) is 5.91 Å². The maximum Gasteiger partial charge on any atom is 0.265 e. The van der Waals surface area contributed by atoms with Gasteiger partial charge in [-0.1, -0.05) is 22.0 Å². The van der Waals surface area contributed by atoms with Gasteiger partial charge in [-0.2, -0.15) is 0 Å². The molecule has 0 atom stereocenters. The number of nitrogens with one attached hydrogen (secondary N) is 1. The maximum absolute atomic E-state index is 11.9. The number of benzene rings is 1. The molecule has 0 bridgehead atoms. The molecule has 0 spiro atoms. The van der Waals surface area contributed by atoms with E-state index in [1.54, 1.807) is 6.07 Å². The van der Waals surface area contributed by atoms with E-state index in [4.69, 9.17) is 5.73 Å². The zero-order valence-corrected chi connectivity index (χ0v) is 11.6. The lowest BCUT2D eigenvalue weighted by atomic mass is 10.3. The number of aryl methyl sites for hydroxylation is 1. The number of anilines is 2. The van der Waals surface area contributed by atoms with Crippen LogP contribution in [0.4, 0.5) is 11.4 Å². The molecule has 0 saturated carbocycles. The van der Waals surface area contributed by atoms with Crippen LogP contribution in [-0.4, -0.2) is 5.91 Å². The first kappa shape index (κ1) is 12.1. The number of hydrogen-bond acceptors (Lipinski definition) is 3. The monoisotopic (exact) mass is 310 g/mol. The predicted octanol–water partition coefficient (Wildman–Crippen LogP) is 3.65. The molecule has 5 heteroatoms. The van der Waals surface area contributed by atoms with Crippen molar-refractivity contribution < 1.29 is 4.79 Å². The Morgan fingerprint density at radius 2 is 2.18 bits per heavy atom. The van der Waals surface area contributed by atoms with Gasteiger partial charge in [0.2, 0.25) is 0 Å². The Labute approximate surface area is 112 Å². The summed E-state index contributed by atoms with van der Waals surface area (Å²) in [5, 5.41) is 2.83. The lowest BCUT2D eigenvalue weighted by Crippen LogP contribution is -2.09. The first-order valence-electron chi connectivity index (χ1n) is 4.99. The molecule has 0 unspecified atom stereocenters. The van der Waals surface area contributed by atoms with Gasteiger partial charge in [0.15, 0.2) is 0 Å². The lowest BCUT2D eigenvalue weighted by Gasteiger charge is -2.03. The zero-order valence-electron chi connectivity index (χ0n) is 9.16. The van der Waals surface area contributed by atoms with Gasteiger partial charge in [-0.3, -0.25) is 4.79 Å². The van der Waals surface area contributed by atoms with Crippen LogP contribution in [0.3, 0.4) is 0 Å². The molecule has 1 aromatic heterocycles. The summed E-state index contributed by atoms with van der Waals surface area (Å²) < 4.78 is 0.928. The average molecular weight is 311 g/mol. The summed E-state index contributed by atoms with van der Waals surface area (Å²) in [6.45, 7) is 1.90. The summed E-state index contributed by atoms with van der Waals surface area (Å²) in [6, 6.07) is 9.16. The molecule has 1 amide bonds. The number of carbonyl (C=O) groups is 1. The molecule has 2 aromatic rings. The van der Waals surface area contributed by atoms with Crippen molar-refractivity contribution in [3.05, 3.63) is 44.6 Å². The molecular formula is C12H11BrN2OS. The molecule has 0 aliphatic rings. The van der Waals surface area contributed by atoms with Crippen molar-refractivity contribution in [3.63, 3.8) is 0 Å². The van der Waals surface area contributed by atoms with Gasteiger partial charge in [-0.05, 0) is 31.2 Å². The summed E-state index contributed by atoms with van der Waals surface area (Å²) in [6.07, 6.45) is 0. The predicted molar refractivity (Wildman–Crippen MR) is 75.6 cm³/mol. The molecule has 17 heavy (non-hydrogen) atoms.